The second-order valence-corrected chi connectivity index (χ2v) is 13.2. The molecule has 10 nitrogen and oxygen atoms in total. The van der Waals surface area contributed by atoms with Gasteiger partial charge in [-0.2, -0.15) is 9.61 Å². The molecule has 0 spiro atoms. The fourth-order valence-electron chi connectivity index (χ4n) is 7.77. The van der Waals surface area contributed by atoms with Gasteiger partial charge in [0.2, 0.25) is 0 Å². The predicted molar refractivity (Wildman–Crippen MR) is 183 cm³/mol. The van der Waals surface area contributed by atoms with Gasteiger partial charge in [-0.3, -0.25) is 14.5 Å². The van der Waals surface area contributed by atoms with Crippen LogP contribution < -0.4 is 0 Å². The topological polar surface area (TPSA) is 126 Å². The normalized spacial score (nSPS) is 20.2. The molecule has 0 atom stereocenters. The van der Waals surface area contributed by atoms with Crippen molar-refractivity contribution >= 4 is 28.5 Å². The first-order valence-corrected chi connectivity index (χ1v) is 16.1. The van der Waals surface area contributed by atoms with Gasteiger partial charge < -0.3 is 5.11 Å². The zero-order chi connectivity index (χ0) is 33.5. The van der Waals surface area contributed by atoms with E-state index >= 15 is 0 Å². The summed E-state index contributed by atoms with van der Waals surface area (Å²) in [7, 11) is 0. The number of hydrogen-bond acceptors (Lipinski definition) is 8. The van der Waals surface area contributed by atoms with E-state index in [2.05, 4.69) is 9.97 Å². The Bertz CT molecular complexity index is 2430. The van der Waals surface area contributed by atoms with E-state index in [1.807, 2.05) is 73.8 Å². The van der Waals surface area contributed by atoms with Gasteiger partial charge in [-0.25, -0.2) is 19.9 Å². The highest BCUT2D eigenvalue weighted by atomic mass is 16.3. The van der Waals surface area contributed by atoms with E-state index in [0.717, 1.165) is 44.5 Å². The molecule has 0 bridgehead atoms. The van der Waals surface area contributed by atoms with Crippen molar-refractivity contribution in [3.8, 4) is 33.5 Å². The molecular weight excluding hydrogens is 614 g/mol. The molecule has 238 valence electrons. The fraction of sp³-hybridized carbons (Fsp3) is 0.154. The van der Waals surface area contributed by atoms with Gasteiger partial charge in [-0.1, -0.05) is 66.7 Å². The monoisotopic (exact) mass is 643 g/mol. The third-order valence-corrected chi connectivity index (χ3v) is 9.73. The van der Waals surface area contributed by atoms with Crippen LogP contribution in [0.25, 0.3) is 50.2 Å². The number of pyridine rings is 1. The lowest BCUT2D eigenvalue weighted by Gasteiger charge is -2.55. The third-order valence-electron chi connectivity index (χ3n) is 9.73. The van der Waals surface area contributed by atoms with Crippen LogP contribution in [0, 0.1) is 6.92 Å². The molecule has 2 amide bonds. The molecule has 0 unspecified atom stereocenters. The number of aryl methyl sites for hydroxylation is 1. The van der Waals surface area contributed by atoms with Gasteiger partial charge in [0.15, 0.2) is 11.3 Å². The SMILES string of the molecule is Cc1cc2ncc3c(-c4cncnc4)c(-c4ccccc4)c(-c4ccc([C@]5(N6C(=O)c7ccccc7C6=O)C[C@](C)(O)C5)cc4)nc3n2n1. The van der Waals surface area contributed by atoms with Gasteiger partial charge in [-0.05, 0) is 37.1 Å². The summed E-state index contributed by atoms with van der Waals surface area (Å²) in [5.74, 6) is -0.686. The number of nitrogens with zero attached hydrogens (tertiary/aromatic N) is 7. The quantitative estimate of drug-likeness (QED) is 0.213. The minimum absolute atomic E-state index is 0.232. The van der Waals surface area contributed by atoms with Crippen LogP contribution >= 0.6 is 0 Å². The van der Waals surface area contributed by atoms with E-state index in [0.29, 0.717) is 28.1 Å². The number of carbonyl (C=O) groups is 2. The van der Waals surface area contributed by atoms with E-state index in [1.165, 1.54) is 11.2 Å². The Morgan fingerprint density at radius 2 is 1.41 bits per heavy atom. The minimum Gasteiger partial charge on any atom is -0.390 e. The van der Waals surface area contributed by atoms with Crippen LogP contribution in [0.5, 0.6) is 0 Å². The molecule has 7 aromatic rings. The van der Waals surface area contributed by atoms with Gasteiger partial charge in [0, 0.05) is 65.1 Å². The highest BCUT2D eigenvalue weighted by Crippen LogP contribution is 2.55. The molecular formula is C39H29N7O3. The molecule has 0 radical (unpaired) electrons. The maximum atomic E-state index is 13.7. The number of imide groups is 1. The van der Waals surface area contributed by atoms with Crippen LogP contribution in [0.3, 0.4) is 0 Å². The molecule has 1 saturated carbocycles. The first-order chi connectivity index (χ1) is 23.7. The van der Waals surface area contributed by atoms with Gasteiger partial charge >= 0.3 is 0 Å². The van der Waals surface area contributed by atoms with E-state index < -0.39 is 11.1 Å². The molecule has 1 aliphatic heterocycles. The molecule has 0 saturated heterocycles. The van der Waals surface area contributed by atoms with Crippen molar-refractivity contribution in [2.75, 3.05) is 0 Å². The van der Waals surface area contributed by atoms with Crippen molar-refractivity contribution in [3.05, 3.63) is 132 Å². The zero-order valence-electron chi connectivity index (χ0n) is 26.7. The molecule has 9 rings (SSSR count). The van der Waals surface area contributed by atoms with Crippen molar-refractivity contribution in [2.24, 2.45) is 0 Å². The molecule has 5 heterocycles. The first-order valence-electron chi connectivity index (χ1n) is 16.1. The summed E-state index contributed by atoms with van der Waals surface area (Å²) in [5, 5.41) is 16.5. The van der Waals surface area contributed by atoms with Crippen molar-refractivity contribution < 1.29 is 14.7 Å². The number of carbonyl (C=O) groups excluding carboxylic acids is 2. The van der Waals surface area contributed by atoms with Crippen molar-refractivity contribution in [3.63, 3.8) is 0 Å². The molecule has 10 heteroatoms. The number of fused-ring (bicyclic) bond motifs is 4. The van der Waals surface area contributed by atoms with Gasteiger partial charge in [-0.15, -0.1) is 0 Å². The lowest BCUT2D eigenvalue weighted by molar-refractivity contribution is -0.118. The number of amides is 2. The number of aliphatic hydroxyl groups is 1. The van der Waals surface area contributed by atoms with Crippen molar-refractivity contribution in [2.45, 2.75) is 37.8 Å². The molecule has 1 aliphatic carbocycles. The van der Waals surface area contributed by atoms with Crippen molar-refractivity contribution in [1.29, 1.82) is 0 Å². The summed E-state index contributed by atoms with van der Waals surface area (Å²) in [6.45, 7) is 3.66. The van der Waals surface area contributed by atoms with Crippen LogP contribution in [0.1, 0.15) is 51.7 Å². The van der Waals surface area contributed by atoms with E-state index in [-0.39, 0.29) is 24.7 Å². The molecule has 1 fully saturated rings. The van der Waals surface area contributed by atoms with Crippen LogP contribution in [0.2, 0.25) is 0 Å². The third kappa shape index (κ3) is 4.34. The standard InChI is InChI=1S/C39H29N7O3/c1-23-16-31-42-19-30-32(26-17-40-22-41-18-26)33(24-8-4-3-5-9-24)34(43-35(30)46(31)44-23)25-12-14-27(15-13-25)39(20-38(2,49)21-39)45-36(47)28-10-6-7-11-29(28)37(45)48/h3-19,22,49H,20-21H2,1-2H3/t38-,39-. The van der Waals surface area contributed by atoms with Crippen LogP contribution in [0.15, 0.2) is 110 Å². The summed E-state index contributed by atoms with van der Waals surface area (Å²) in [6, 6.07) is 26.7. The smallest absolute Gasteiger partial charge is 0.262 e. The van der Waals surface area contributed by atoms with Crippen molar-refractivity contribution in [1.82, 2.24) is 34.4 Å². The lowest BCUT2D eigenvalue weighted by atomic mass is 9.61. The number of rotatable bonds is 5. The number of aromatic nitrogens is 6. The maximum Gasteiger partial charge on any atom is 0.262 e. The molecule has 2 aliphatic rings. The van der Waals surface area contributed by atoms with E-state index in [9.17, 15) is 14.7 Å². The largest absolute Gasteiger partial charge is 0.390 e. The Hall–Kier alpha value is -6.13. The lowest BCUT2D eigenvalue weighted by Crippen LogP contribution is -2.63. The summed E-state index contributed by atoms with van der Waals surface area (Å²) in [4.78, 5) is 47.5. The molecule has 1 N–H and O–H groups in total. The Morgan fingerprint density at radius 1 is 0.755 bits per heavy atom. The summed E-state index contributed by atoms with van der Waals surface area (Å²) >= 11 is 0. The van der Waals surface area contributed by atoms with E-state index in [1.54, 1.807) is 48.1 Å². The summed E-state index contributed by atoms with van der Waals surface area (Å²) in [6.07, 6.45) is 7.37. The van der Waals surface area contributed by atoms with Gasteiger partial charge in [0.25, 0.3) is 11.8 Å². The molecule has 3 aromatic carbocycles. The Balaban J connectivity index is 1.26. The average molecular weight is 644 g/mol. The highest BCUT2D eigenvalue weighted by molar-refractivity contribution is 6.22. The second-order valence-electron chi connectivity index (χ2n) is 13.2. The summed E-state index contributed by atoms with van der Waals surface area (Å²) in [5.41, 5.74) is 6.68. The Morgan fingerprint density at radius 3 is 2.06 bits per heavy atom. The van der Waals surface area contributed by atoms with Gasteiger partial charge in [0.05, 0.1) is 33.7 Å². The number of benzene rings is 3. The predicted octanol–water partition coefficient (Wildman–Crippen LogP) is 6.41. The van der Waals surface area contributed by atoms with Crippen LogP contribution in [0.4, 0.5) is 0 Å². The van der Waals surface area contributed by atoms with Crippen LogP contribution in [-0.4, -0.2) is 57.0 Å². The van der Waals surface area contributed by atoms with E-state index in [4.69, 9.17) is 15.1 Å². The molecule has 4 aromatic heterocycles. The average Bonchev–Trinajstić information content (AvgIpc) is 3.62. The Labute approximate surface area is 280 Å². The minimum atomic E-state index is -1.03. The summed E-state index contributed by atoms with van der Waals surface area (Å²) < 4.78 is 1.76. The number of hydrogen-bond donors (Lipinski definition) is 1. The van der Waals surface area contributed by atoms with Gasteiger partial charge in [0.1, 0.15) is 6.33 Å². The zero-order valence-corrected chi connectivity index (χ0v) is 26.7. The molecule has 49 heavy (non-hydrogen) atoms. The first kappa shape index (κ1) is 29.0. The fourth-order valence-corrected chi connectivity index (χ4v) is 7.77. The highest BCUT2D eigenvalue weighted by Gasteiger charge is 2.60. The second kappa shape index (κ2) is 10.4. The van der Waals surface area contributed by atoms with Crippen LogP contribution in [-0.2, 0) is 5.54 Å². The Kier molecular flexibility index (Phi) is 6.18. The maximum absolute atomic E-state index is 13.7.